The molecule has 1 unspecified atom stereocenters. The number of carbonyl (C=O) groups excluding carboxylic acids is 2. The highest BCUT2D eigenvalue weighted by Crippen LogP contribution is 2.46. The van der Waals surface area contributed by atoms with Crippen molar-refractivity contribution in [3.05, 3.63) is 76.7 Å². The number of benzene rings is 1. The Morgan fingerprint density at radius 2 is 1.94 bits per heavy atom. The Hall–Kier alpha value is -3.68. The van der Waals surface area contributed by atoms with Crippen LogP contribution in [-0.4, -0.2) is 38.0 Å². The SMILES string of the molecule is Nc1nccc2c1CCC2NC(=O)c1cnn(Cc2ccc(CN3C[C@H]4C[C@H]4C3=O)cc2)c1. The molecule has 3 aromatic rings. The summed E-state index contributed by atoms with van der Waals surface area (Å²) in [6.07, 6.45) is 7.79. The van der Waals surface area contributed by atoms with Crippen molar-refractivity contribution < 1.29 is 9.59 Å². The van der Waals surface area contributed by atoms with E-state index in [1.807, 2.05) is 11.0 Å². The van der Waals surface area contributed by atoms with Crippen molar-refractivity contribution in [3.63, 3.8) is 0 Å². The van der Waals surface area contributed by atoms with Crippen LogP contribution in [0.15, 0.2) is 48.9 Å². The van der Waals surface area contributed by atoms with Crippen LogP contribution in [0.4, 0.5) is 5.82 Å². The molecule has 8 heteroatoms. The van der Waals surface area contributed by atoms with Crippen molar-refractivity contribution in [1.29, 1.82) is 0 Å². The summed E-state index contributed by atoms with van der Waals surface area (Å²) >= 11 is 0. The molecule has 8 nitrogen and oxygen atoms in total. The minimum absolute atomic E-state index is 0.0536. The molecule has 2 aromatic heterocycles. The van der Waals surface area contributed by atoms with E-state index in [2.05, 4.69) is 39.7 Å². The second-order valence-electron chi connectivity index (χ2n) is 9.39. The molecular formula is C25H26N6O2. The second-order valence-corrected chi connectivity index (χ2v) is 9.39. The van der Waals surface area contributed by atoms with Gasteiger partial charge in [0.15, 0.2) is 0 Å². The summed E-state index contributed by atoms with van der Waals surface area (Å²) in [5.41, 5.74) is 10.8. The monoisotopic (exact) mass is 442 g/mol. The van der Waals surface area contributed by atoms with Gasteiger partial charge in [-0.15, -0.1) is 0 Å². The lowest BCUT2D eigenvalue weighted by Crippen LogP contribution is -2.27. The van der Waals surface area contributed by atoms with Gasteiger partial charge in [0.05, 0.1) is 24.3 Å². The highest BCUT2D eigenvalue weighted by Gasteiger charge is 2.51. The molecule has 33 heavy (non-hydrogen) atoms. The van der Waals surface area contributed by atoms with Gasteiger partial charge in [-0.2, -0.15) is 5.10 Å². The molecular weight excluding hydrogens is 416 g/mol. The number of nitrogen functional groups attached to an aromatic ring is 1. The van der Waals surface area contributed by atoms with E-state index in [4.69, 9.17) is 5.73 Å². The predicted molar refractivity (Wildman–Crippen MR) is 122 cm³/mol. The van der Waals surface area contributed by atoms with Crippen LogP contribution >= 0.6 is 0 Å². The lowest BCUT2D eigenvalue weighted by molar-refractivity contribution is -0.130. The predicted octanol–water partition coefficient (Wildman–Crippen LogP) is 2.30. The topological polar surface area (TPSA) is 106 Å². The summed E-state index contributed by atoms with van der Waals surface area (Å²) in [4.78, 5) is 31.1. The van der Waals surface area contributed by atoms with Crippen LogP contribution in [0.3, 0.4) is 0 Å². The zero-order valence-corrected chi connectivity index (χ0v) is 18.3. The van der Waals surface area contributed by atoms with Gasteiger partial charge >= 0.3 is 0 Å². The Labute approximate surface area is 191 Å². The third-order valence-corrected chi connectivity index (χ3v) is 7.13. The fourth-order valence-electron chi connectivity index (χ4n) is 5.19. The standard InChI is InChI=1S/C25H26N6O2/c26-23-20-5-6-22(19(20)7-8-27-23)29-24(32)18-10-28-31(14-18)12-16-3-1-15(2-4-16)11-30-13-17-9-21(17)25(30)33/h1-4,7-8,10,14,17,21-22H,5-6,9,11-13H2,(H2,26,27)(H,29,32)/t17-,21-,22?/m1/s1. The number of hydrogen-bond acceptors (Lipinski definition) is 5. The number of carbonyl (C=O) groups is 2. The molecule has 1 aromatic carbocycles. The van der Waals surface area contributed by atoms with Crippen LogP contribution in [0.2, 0.25) is 0 Å². The molecule has 2 amide bonds. The number of pyridine rings is 1. The molecule has 3 heterocycles. The lowest BCUT2D eigenvalue weighted by Gasteiger charge is -2.18. The van der Waals surface area contributed by atoms with E-state index in [1.165, 1.54) is 0 Å². The van der Waals surface area contributed by atoms with Crippen LogP contribution in [0, 0.1) is 11.8 Å². The third kappa shape index (κ3) is 3.75. The number of nitrogens with zero attached hydrogens (tertiary/aromatic N) is 4. The Bertz CT molecular complexity index is 1230. The third-order valence-electron chi connectivity index (χ3n) is 7.13. The van der Waals surface area contributed by atoms with Gasteiger partial charge in [0.25, 0.3) is 5.91 Å². The van der Waals surface area contributed by atoms with E-state index in [9.17, 15) is 9.59 Å². The Morgan fingerprint density at radius 1 is 1.15 bits per heavy atom. The van der Waals surface area contributed by atoms with E-state index in [1.54, 1.807) is 23.3 Å². The number of rotatable bonds is 6. The molecule has 2 aliphatic carbocycles. The molecule has 3 atom stereocenters. The zero-order valence-electron chi connectivity index (χ0n) is 18.3. The first-order chi connectivity index (χ1) is 16.0. The fraction of sp³-hybridized carbons (Fsp3) is 0.360. The molecule has 3 aliphatic rings. The first-order valence-electron chi connectivity index (χ1n) is 11.5. The highest BCUT2D eigenvalue weighted by atomic mass is 16.2. The summed E-state index contributed by atoms with van der Waals surface area (Å²) in [5, 5.41) is 7.47. The smallest absolute Gasteiger partial charge is 0.254 e. The number of nitrogens with two attached hydrogens (primary N) is 1. The Morgan fingerprint density at radius 3 is 2.70 bits per heavy atom. The average Bonchev–Trinajstić information content (AvgIpc) is 3.10. The normalized spacial score (nSPS) is 22.8. The summed E-state index contributed by atoms with van der Waals surface area (Å²) in [7, 11) is 0. The fourth-order valence-corrected chi connectivity index (χ4v) is 5.19. The quantitative estimate of drug-likeness (QED) is 0.609. The van der Waals surface area contributed by atoms with Crippen molar-refractivity contribution in [2.24, 2.45) is 11.8 Å². The largest absolute Gasteiger partial charge is 0.383 e. The summed E-state index contributed by atoms with van der Waals surface area (Å²) in [6.45, 7) is 2.17. The van der Waals surface area contributed by atoms with Crippen LogP contribution < -0.4 is 11.1 Å². The Balaban J connectivity index is 1.06. The van der Waals surface area contributed by atoms with Crippen molar-refractivity contribution in [1.82, 2.24) is 25.0 Å². The van der Waals surface area contributed by atoms with Crippen LogP contribution in [0.1, 0.15) is 51.5 Å². The second kappa shape index (κ2) is 7.72. The lowest BCUT2D eigenvalue weighted by atomic mass is 10.1. The van der Waals surface area contributed by atoms with Gasteiger partial charge in [-0.3, -0.25) is 14.3 Å². The molecule has 6 rings (SSSR count). The molecule has 1 saturated heterocycles. The number of nitrogens with one attached hydrogen (secondary N) is 1. The van der Waals surface area contributed by atoms with E-state index < -0.39 is 0 Å². The van der Waals surface area contributed by atoms with Gasteiger partial charge in [0.2, 0.25) is 5.91 Å². The van der Waals surface area contributed by atoms with Crippen molar-refractivity contribution in [3.8, 4) is 0 Å². The highest BCUT2D eigenvalue weighted by molar-refractivity contribution is 5.94. The van der Waals surface area contributed by atoms with Gasteiger partial charge in [-0.1, -0.05) is 24.3 Å². The van der Waals surface area contributed by atoms with Crippen LogP contribution in [0.5, 0.6) is 0 Å². The van der Waals surface area contributed by atoms with Crippen molar-refractivity contribution in [2.45, 2.75) is 38.4 Å². The number of likely N-dealkylation sites (tertiary alicyclic amines) is 1. The molecule has 2 fully saturated rings. The van der Waals surface area contributed by atoms with E-state index in [0.29, 0.717) is 42.2 Å². The molecule has 0 bridgehead atoms. The van der Waals surface area contributed by atoms with E-state index in [0.717, 1.165) is 48.1 Å². The van der Waals surface area contributed by atoms with Gasteiger partial charge in [0.1, 0.15) is 5.82 Å². The van der Waals surface area contributed by atoms with Gasteiger partial charge in [0, 0.05) is 31.4 Å². The summed E-state index contributed by atoms with van der Waals surface area (Å²) in [5.74, 6) is 1.62. The number of amides is 2. The maximum Gasteiger partial charge on any atom is 0.254 e. The number of anilines is 1. The average molecular weight is 443 g/mol. The Kier molecular flexibility index (Phi) is 4.67. The van der Waals surface area contributed by atoms with Crippen LogP contribution in [-0.2, 0) is 24.3 Å². The summed E-state index contributed by atoms with van der Waals surface area (Å²) in [6, 6.07) is 10.1. The van der Waals surface area contributed by atoms with Crippen molar-refractivity contribution in [2.75, 3.05) is 12.3 Å². The zero-order chi connectivity index (χ0) is 22.5. The first kappa shape index (κ1) is 20.0. The molecule has 1 saturated carbocycles. The van der Waals surface area contributed by atoms with Gasteiger partial charge in [-0.05, 0) is 53.5 Å². The first-order valence-corrected chi connectivity index (χ1v) is 11.5. The molecule has 0 radical (unpaired) electrons. The molecule has 168 valence electrons. The van der Waals surface area contributed by atoms with Crippen LogP contribution in [0.25, 0.3) is 0 Å². The molecule has 3 N–H and O–H groups in total. The van der Waals surface area contributed by atoms with Gasteiger partial charge < -0.3 is 16.0 Å². The molecule has 1 aliphatic heterocycles. The van der Waals surface area contributed by atoms with E-state index >= 15 is 0 Å². The number of piperidine rings is 1. The van der Waals surface area contributed by atoms with Crippen molar-refractivity contribution >= 4 is 17.6 Å². The maximum atomic E-state index is 12.8. The number of fused-ring (bicyclic) bond motifs is 2. The minimum atomic E-state index is -0.141. The number of aromatic nitrogens is 3. The minimum Gasteiger partial charge on any atom is -0.383 e. The molecule has 0 spiro atoms. The maximum absolute atomic E-state index is 12.8. The number of hydrogen-bond donors (Lipinski definition) is 2. The van der Waals surface area contributed by atoms with Gasteiger partial charge in [-0.25, -0.2) is 4.98 Å². The van der Waals surface area contributed by atoms with E-state index in [-0.39, 0.29) is 11.9 Å². The summed E-state index contributed by atoms with van der Waals surface area (Å²) < 4.78 is 1.77.